The second-order valence-electron chi connectivity index (χ2n) is 7.09. The maximum atomic E-state index is 4.72. The Bertz CT molecular complexity index is 753. The molecule has 2 N–H and O–H groups in total. The number of rotatable bonds is 7. The molecular formula is C21H33IN6S. The van der Waals surface area contributed by atoms with Crippen LogP contribution in [0.1, 0.15) is 29.2 Å². The second kappa shape index (κ2) is 12.3. The van der Waals surface area contributed by atoms with Crippen molar-refractivity contribution in [3.05, 3.63) is 45.8 Å². The Morgan fingerprint density at radius 2 is 1.83 bits per heavy atom. The van der Waals surface area contributed by atoms with Crippen molar-refractivity contribution in [3.63, 3.8) is 0 Å². The highest BCUT2D eigenvalue weighted by atomic mass is 127. The number of likely N-dealkylation sites (N-methyl/N-ethyl adjacent to an activating group) is 1. The summed E-state index contributed by atoms with van der Waals surface area (Å²) in [6, 6.07) is 8.66. The summed E-state index contributed by atoms with van der Waals surface area (Å²) in [5.41, 5.74) is 1.12. The number of halogens is 1. The third-order valence-corrected chi connectivity index (χ3v) is 6.13. The first-order valence-electron chi connectivity index (χ1n) is 10.2. The van der Waals surface area contributed by atoms with Crippen molar-refractivity contribution in [2.75, 3.05) is 44.7 Å². The van der Waals surface area contributed by atoms with Crippen molar-refractivity contribution in [1.82, 2.24) is 20.5 Å². The number of hydrogen-bond donors (Lipinski definition) is 2. The molecule has 0 aliphatic carbocycles. The molecule has 29 heavy (non-hydrogen) atoms. The molecule has 0 radical (unpaired) electrons. The summed E-state index contributed by atoms with van der Waals surface area (Å²) in [6.45, 7) is 10.8. The van der Waals surface area contributed by atoms with Crippen molar-refractivity contribution in [2.24, 2.45) is 4.99 Å². The highest BCUT2D eigenvalue weighted by Gasteiger charge is 2.14. The van der Waals surface area contributed by atoms with E-state index in [1.54, 1.807) is 0 Å². The van der Waals surface area contributed by atoms with Gasteiger partial charge in [0.25, 0.3) is 0 Å². The normalized spacial score (nSPS) is 15.1. The molecule has 3 rings (SSSR count). The van der Waals surface area contributed by atoms with Gasteiger partial charge in [-0.25, -0.2) is 9.98 Å². The van der Waals surface area contributed by atoms with E-state index in [0.717, 1.165) is 63.0 Å². The number of aryl methyl sites for hydroxylation is 1. The first kappa shape index (κ1) is 23.9. The predicted octanol–water partition coefficient (Wildman–Crippen LogP) is 3.33. The number of guanidine groups is 1. The van der Waals surface area contributed by atoms with Crippen LogP contribution in [0, 0.1) is 0 Å². The molecule has 1 aliphatic rings. The number of thiophene rings is 1. The van der Waals surface area contributed by atoms with Gasteiger partial charge in [-0.05, 0) is 44.2 Å². The highest BCUT2D eigenvalue weighted by Crippen LogP contribution is 2.16. The van der Waals surface area contributed by atoms with Gasteiger partial charge in [0.15, 0.2) is 5.96 Å². The monoisotopic (exact) mass is 528 g/mol. The van der Waals surface area contributed by atoms with E-state index in [1.807, 2.05) is 17.5 Å². The van der Waals surface area contributed by atoms with E-state index in [9.17, 15) is 0 Å². The number of aromatic nitrogens is 1. The van der Waals surface area contributed by atoms with E-state index in [2.05, 4.69) is 70.6 Å². The fourth-order valence-corrected chi connectivity index (χ4v) is 4.02. The first-order chi connectivity index (χ1) is 13.7. The summed E-state index contributed by atoms with van der Waals surface area (Å²) >= 11 is 1.86. The van der Waals surface area contributed by atoms with Crippen molar-refractivity contribution in [3.8, 4) is 0 Å². The third kappa shape index (κ3) is 7.42. The zero-order valence-corrected chi connectivity index (χ0v) is 20.8. The molecule has 1 saturated heterocycles. The fourth-order valence-electron chi connectivity index (χ4n) is 3.12. The lowest BCUT2D eigenvalue weighted by Gasteiger charge is -2.33. The first-order valence-corrected chi connectivity index (χ1v) is 11.0. The third-order valence-electron chi connectivity index (χ3n) is 4.90. The van der Waals surface area contributed by atoms with Crippen LogP contribution in [0.5, 0.6) is 0 Å². The van der Waals surface area contributed by atoms with Gasteiger partial charge in [0.2, 0.25) is 0 Å². The Kier molecular flexibility index (Phi) is 10.2. The average molecular weight is 529 g/mol. The van der Waals surface area contributed by atoms with Crippen LogP contribution >= 0.6 is 35.3 Å². The quantitative estimate of drug-likeness (QED) is 0.328. The van der Waals surface area contributed by atoms with Crippen LogP contribution in [0.4, 0.5) is 5.82 Å². The van der Waals surface area contributed by atoms with E-state index in [-0.39, 0.29) is 24.0 Å². The number of pyridine rings is 1. The zero-order chi connectivity index (χ0) is 19.8. The van der Waals surface area contributed by atoms with Gasteiger partial charge in [-0.2, -0.15) is 0 Å². The van der Waals surface area contributed by atoms with Crippen molar-refractivity contribution in [2.45, 2.75) is 33.4 Å². The van der Waals surface area contributed by atoms with Gasteiger partial charge in [0.1, 0.15) is 5.82 Å². The highest BCUT2D eigenvalue weighted by molar-refractivity contribution is 14.0. The van der Waals surface area contributed by atoms with E-state index < -0.39 is 0 Å². The van der Waals surface area contributed by atoms with Gasteiger partial charge in [-0.15, -0.1) is 35.3 Å². The molecule has 6 nitrogen and oxygen atoms in total. The summed E-state index contributed by atoms with van der Waals surface area (Å²) in [5.74, 6) is 1.91. The molecule has 0 spiro atoms. The molecule has 0 unspecified atom stereocenters. The Morgan fingerprint density at radius 3 is 2.45 bits per heavy atom. The largest absolute Gasteiger partial charge is 0.357 e. The maximum absolute atomic E-state index is 4.72. The second-order valence-corrected chi connectivity index (χ2v) is 8.34. The molecule has 0 bridgehead atoms. The minimum absolute atomic E-state index is 0. The predicted molar refractivity (Wildman–Crippen MR) is 135 cm³/mol. The number of anilines is 1. The lowest BCUT2D eigenvalue weighted by atomic mass is 10.2. The number of piperazine rings is 1. The zero-order valence-electron chi connectivity index (χ0n) is 17.6. The number of nitrogens with one attached hydrogen (secondary N) is 2. The summed E-state index contributed by atoms with van der Waals surface area (Å²) in [7, 11) is 2.17. The number of nitrogens with zero attached hydrogens (tertiary/aromatic N) is 4. The Labute approximate surface area is 195 Å². The summed E-state index contributed by atoms with van der Waals surface area (Å²) < 4.78 is 0. The lowest BCUT2D eigenvalue weighted by molar-refractivity contribution is 0.312. The molecule has 0 atom stereocenters. The van der Waals surface area contributed by atoms with Crippen LogP contribution in [0.2, 0.25) is 0 Å². The SMILES string of the molecule is CCNC(=NCc1ccc(N2CCN(C)CC2)nc1)NCc1ccc(CC)s1.I. The summed E-state index contributed by atoms with van der Waals surface area (Å²) in [6.07, 6.45) is 3.05. The van der Waals surface area contributed by atoms with E-state index >= 15 is 0 Å². The molecule has 0 aromatic carbocycles. The van der Waals surface area contributed by atoms with E-state index in [4.69, 9.17) is 4.99 Å². The summed E-state index contributed by atoms with van der Waals surface area (Å²) in [5, 5.41) is 6.75. The number of aliphatic imine (C=N–C) groups is 1. The van der Waals surface area contributed by atoms with Crippen LogP contribution in [0.15, 0.2) is 35.5 Å². The average Bonchev–Trinajstić information content (AvgIpc) is 3.19. The minimum atomic E-state index is 0. The molecule has 0 saturated carbocycles. The molecule has 1 aliphatic heterocycles. The smallest absolute Gasteiger partial charge is 0.191 e. The van der Waals surface area contributed by atoms with Crippen molar-refractivity contribution < 1.29 is 0 Å². The summed E-state index contributed by atoms with van der Waals surface area (Å²) in [4.78, 5) is 16.8. The molecule has 3 heterocycles. The van der Waals surface area contributed by atoms with Gasteiger partial charge in [0, 0.05) is 48.7 Å². The van der Waals surface area contributed by atoms with Gasteiger partial charge in [-0.1, -0.05) is 13.0 Å². The Balaban J connectivity index is 0.00000300. The fraction of sp³-hybridized carbons (Fsp3) is 0.524. The Morgan fingerprint density at radius 1 is 1.07 bits per heavy atom. The van der Waals surface area contributed by atoms with Crippen LogP contribution in [0.25, 0.3) is 0 Å². The van der Waals surface area contributed by atoms with Gasteiger partial charge in [-0.3, -0.25) is 0 Å². The van der Waals surface area contributed by atoms with Crippen LogP contribution in [0.3, 0.4) is 0 Å². The molecule has 2 aromatic rings. The molecule has 0 amide bonds. The van der Waals surface area contributed by atoms with Crippen molar-refractivity contribution >= 4 is 47.1 Å². The standard InChI is InChI=1S/C21H32N6S.HI/c1-4-18-7-8-19(28-18)16-25-21(22-5-2)24-15-17-6-9-20(23-14-17)27-12-10-26(3)11-13-27;/h6-9,14H,4-5,10-13,15-16H2,1-3H3,(H2,22,24,25);1H. The molecule has 160 valence electrons. The minimum Gasteiger partial charge on any atom is -0.357 e. The van der Waals surface area contributed by atoms with Crippen LogP contribution < -0.4 is 15.5 Å². The Hall–Kier alpha value is -1.39. The molecule has 1 fully saturated rings. The molecular weight excluding hydrogens is 495 g/mol. The van der Waals surface area contributed by atoms with Gasteiger partial charge >= 0.3 is 0 Å². The topological polar surface area (TPSA) is 55.8 Å². The van der Waals surface area contributed by atoms with Gasteiger partial charge in [0.05, 0.1) is 13.1 Å². The number of hydrogen-bond acceptors (Lipinski definition) is 5. The maximum Gasteiger partial charge on any atom is 0.191 e. The molecule has 2 aromatic heterocycles. The van der Waals surface area contributed by atoms with Gasteiger partial charge < -0.3 is 20.4 Å². The van der Waals surface area contributed by atoms with E-state index in [1.165, 1.54) is 9.75 Å². The molecule has 8 heteroatoms. The van der Waals surface area contributed by atoms with Crippen molar-refractivity contribution in [1.29, 1.82) is 0 Å². The van der Waals surface area contributed by atoms with E-state index in [0.29, 0.717) is 6.54 Å². The van der Waals surface area contributed by atoms with Crippen LogP contribution in [-0.2, 0) is 19.5 Å². The lowest BCUT2D eigenvalue weighted by Crippen LogP contribution is -2.44. The van der Waals surface area contributed by atoms with Crippen LogP contribution in [-0.4, -0.2) is 55.6 Å².